The van der Waals surface area contributed by atoms with Gasteiger partial charge >= 0.3 is 0 Å². The van der Waals surface area contributed by atoms with Crippen LogP contribution in [0.25, 0.3) is 0 Å². The van der Waals surface area contributed by atoms with Crippen LogP contribution in [0, 0.1) is 0 Å². The molecule has 0 spiro atoms. The number of aromatic nitrogens is 2. The van der Waals surface area contributed by atoms with Gasteiger partial charge in [-0.05, 0) is 17.7 Å². The summed E-state index contributed by atoms with van der Waals surface area (Å²) >= 11 is 12.0. The lowest BCUT2D eigenvalue weighted by molar-refractivity contribution is -0.0228. The Morgan fingerprint density at radius 2 is 2.04 bits per heavy atom. The highest BCUT2D eigenvalue weighted by Crippen LogP contribution is 2.29. The zero-order valence-corrected chi connectivity index (χ0v) is 14.7. The van der Waals surface area contributed by atoms with Gasteiger partial charge in [0.05, 0.1) is 28.8 Å². The minimum atomic E-state index is -0.228. The first-order chi connectivity index (χ1) is 11.6. The van der Waals surface area contributed by atoms with E-state index in [0.717, 1.165) is 17.8 Å². The monoisotopic (exact) mass is 365 g/mol. The predicted octanol–water partition coefficient (Wildman–Crippen LogP) is 3.56. The smallest absolute Gasteiger partial charge is 0.257 e. The summed E-state index contributed by atoms with van der Waals surface area (Å²) in [7, 11) is 0. The van der Waals surface area contributed by atoms with Crippen LogP contribution in [0.4, 0.5) is 0 Å². The molecule has 1 amide bonds. The number of hydrogen-bond donors (Lipinski definition) is 0. The van der Waals surface area contributed by atoms with Gasteiger partial charge in [-0.1, -0.05) is 36.2 Å². The number of benzene rings is 1. The Kier molecular flexibility index (Phi) is 5.33. The van der Waals surface area contributed by atoms with Gasteiger partial charge in [0.25, 0.3) is 5.91 Å². The fourth-order valence-corrected chi connectivity index (χ4v) is 2.88. The highest BCUT2D eigenvalue weighted by molar-refractivity contribution is 6.42. The molecule has 1 aliphatic rings. The van der Waals surface area contributed by atoms with Gasteiger partial charge in [-0.3, -0.25) is 4.79 Å². The molecule has 0 radical (unpaired) electrons. The summed E-state index contributed by atoms with van der Waals surface area (Å²) in [4.78, 5) is 22.8. The minimum Gasteiger partial charge on any atom is -0.370 e. The van der Waals surface area contributed by atoms with Crippen LogP contribution in [0.1, 0.15) is 34.8 Å². The molecule has 1 aliphatic heterocycles. The number of carbonyl (C=O) groups excluding carboxylic acids is 1. The maximum atomic E-state index is 12.6. The van der Waals surface area contributed by atoms with Gasteiger partial charge in [-0.2, -0.15) is 0 Å². The number of carbonyl (C=O) groups is 1. The maximum Gasteiger partial charge on any atom is 0.257 e. The van der Waals surface area contributed by atoms with Gasteiger partial charge in [-0.25, -0.2) is 9.97 Å². The fraction of sp³-hybridized carbons (Fsp3) is 0.353. The van der Waals surface area contributed by atoms with Crippen LogP contribution >= 0.6 is 23.2 Å². The van der Waals surface area contributed by atoms with Gasteiger partial charge in [0.2, 0.25) is 0 Å². The fourth-order valence-electron chi connectivity index (χ4n) is 2.58. The van der Waals surface area contributed by atoms with E-state index in [1.54, 1.807) is 29.4 Å². The molecule has 2 aromatic rings. The van der Waals surface area contributed by atoms with Crippen LogP contribution in [0.3, 0.4) is 0 Å². The van der Waals surface area contributed by atoms with Crippen molar-refractivity contribution in [3.63, 3.8) is 0 Å². The van der Waals surface area contributed by atoms with Crippen molar-refractivity contribution in [1.82, 2.24) is 14.9 Å². The first kappa shape index (κ1) is 17.1. The van der Waals surface area contributed by atoms with E-state index >= 15 is 0 Å². The summed E-state index contributed by atoms with van der Waals surface area (Å²) in [6, 6.07) is 5.38. The molecular formula is C17H17Cl2N3O2. The Balaban J connectivity index is 1.74. The molecule has 0 unspecified atom stereocenters. The summed E-state index contributed by atoms with van der Waals surface area (Å²) < 4.78 is 5.78. The van der Waals surface area contributed by atoms with Crippen molar-refractivity contribution in [3.05, 3.63) is 57.6 Å². The average molecular weight is 366 g/mol. The van der Waals surface area contributed by atoms with Gasteiger partial charge in [0.1, 0.15) is 11.9 Å². The molecule has 0 aliphatic carbocycles. The zero-order valence-electron chi connectivity index (χ0n) is 13.2. The number of halogens is 2. The standard InChI is InChI=1S/C17H17Cl2N3O2/c1-2-16-20-8-12(9-21-16)17(23)22-5-6-24-15(10-22)11-3-4-13(18)14(19)7-11/h3-4,7-9,15H,2,5-6,10H2,1H3/t15-/m1/s1. The maximum absolute atomic E-state index is 12.6. The van der Waals surface area contributed by atoms with E-state index < -0.39 is 0 Å². The number of amides is 1. The van der Waals surface area contributed by atoms with E-state index in [0.29, 0.717) is 35.3 Å². The van der Waals surface area contributed by atoms with E-state index in [4.69, 9.17) is 27.9 Å². The molecule has 24 heavy (non-hydrogen) atoms. The molecule has 5 nitrogen and oxygen atoms in total. The normalized spacial score (nSPS) is 17.8. The van der Waals surface area contributed by atoms with Crippen molar-refractivity contribution in [1.29, 1.82) is 0 Å². The van der Waals surface area contributed by atoms with Gasteiger partial charge in [0, 0.05) is 25.4 Å². The summed E-state index contributed by atoms with van der Waals surface area (Å²) in [5.41, 5.74) is 1.39. The highest BCUT2D eigenvalue weighted by Gasteiger charge is 2.26. The highest BCUT2D eigenvalue weighted by atomic mass is 35.5. The van der Waals surface area contributed by atoms with Crippen molar-refractivity contribution < 1.29 is 9.53 Å². The summed E-state index contributed by atoms with van der Waals surface area (Å²) in [6.07, 6.45) is 3.68. The molecule has 1 saturated heterocycles. The summed E-state index contributed by atoms with van der Waals surface area (Å²) in [6.45, 7) is 3.42. The van der Waals surface area contributed by atoms with E-state index in [2.05, 4.69) is 9.97 Å². The molecule has 1 aromatic carbocycles. The van der Waals surface area contributed by atoms with Gasteiger partial charge in [-0.15, -0.1) is 0 Å². The SMILES string of the molecule is CCc1ncc(C(=O)N2CCO[C@@H](c3ccc(Cl)c(Cl)c3)C2)cn1. The molecule has 1 aromatic heterocycles. The van der Waals surface area contributed by atoms with Crippen molar-refractivity contribution >= 4 is 29.1 Å². The van der Waals surface area contributed by atoms with Crippen LogP contribution in [0.15, 0.2) is 30.6 Å². The van der Waals surface area contributed by atoms with E-state index in [1.165, 1.54) is 0 Å². The molecule has 0 bridgehead atoms. The number of hydrogen-bond acceptors (Lipinski definition) is 4. The number of rotatable bonds is 3. The number of morpholine rings is 1. The molecular weight excluding hydrogens is 349 g/mol. The largest absolute Gasteiger partial charge is 0.370 e. The first-order valence-electron chi connectivity index (χ1n) is 7.75. The summed E-state index contributed by atoms with van der Waals surface area (Å²) in [5.74, 6) is 0.633. The van der Waals surface area contributed by atoms with Gasteiger partial charge in [0.15, 0.2) is 0 Å². The second-order valence-electron chi connectivity index (χ2n) is 5.53. The van der Waals surface area contributed by atoms with E-state index in [1.807, 2.05) is 13.0 Å². The van der Waals surface area contributed by atoms with Crippen LogP contribution in [-0.2, 0) is 11.2 Å². The van der Waals surface area contributed by atoms with Crippen molar-refractivity contribution in [3.8, 4) is 0 Å². The van der Waals surface area contributed by atoms with Gasteiger partial charge < -0.3 is 9.64 Å². The molecule has 7 heteroatoms. The third-order valence-electron chi connectivity index (χ3n) is 3.94. The molecule has 1 fully saturated rings. The number of ether oxygens (including phenoxy) is 1. The minimum absolute atomic E-state index is 0.0917. The Morgan fingerprint density at radius 1 is 1.29 bits per heavy atom. The van der Waals surface area contributed by atoms with E-state index in [-0.39, 0.29) is 12.0 Å². The van der Waals surface area contributed by atoms with Crippen molar-refractivity contribution in [2.45, 2.75) is 19.4 Å². The second-order valence-corrected chi connectivity index (χ2v) is 6.34. The first-order valence-corrected chi connectivity index (χ1v) is 8.51. The quantitative estimate of drug-likeness (QED) is 0.834. The van der Waals surface area contributed by atoms with Crippen LogP contribution in [-0.4, -0.2) is 40.5 Å². The number of nitrogens with zero attached hydrogens (tertiary/aromatic N) is 3. The lowest BCUT2D eigenvalue weighted by atomic mass is 10.1. The molecule has 0 saturated carbocycles. The molecule has 1 atom stereocenters. The zero-order chi connectivity index (χ0) is 17.1. The Bertz CT molecular complexity index is 737. The Hall–Kier alpha value is -1.69. The molecule has 3 rings (SSSR count). The van der Waals surface area contributed by atoms with Crippen molar-refractivity contribution in [2.75, 3.05) is 19.7 Å². The third kappa shape index (κ3) is 3.69. The third-order valence-corrected chi connectivity index (χ3v) is 4.68. The summed E-state index contributed by atoms with van der Waals surface area (Å²) in [5, 5.41) is 0.974. The molecule has 0 N–H and O–H groups in total. The topological polar surface area (TPSA) is 55.3 Å². The van der Waals surface area contributed by atoms with E-state index in [9.17, 15) is 4.79 Å². The molecule has 126 valence electrons. The molecule has 2 heterocycles. The number of aryl methyl sites for hydroxylation is 1. The predicted molar refractivity (Wildman–Crippen MR) is 92.5 cm³/mol. The Labute approximate surface area is 150 Å². The lowest BCUT2D eigenvalue weighted by Gasteiger charge is -2.33. The van der Waals surface area contributed by atoms with Crippen LogP contribution in [0.2, 0.25) is 10.0 Å². The average Bonchev–Trinajstić information content (AvgIpc) is 2.63. The second kappa shape index (κ2) is 7.47. The lowest BCUT2D eigenvalue weighted by Crippen LogP contribution is -2.42. The Morgan fingerprint density at radius 3 is 2.71 bits per heavy atom. The van der Waals surface area contributed by atoms with Crippen LogP contribution in [0.5, 0.6) is 0 Å². The van der Waals surface area contributed by atoms with Crippen LogP contribution < -0.4 is 0 Å². The van der Waals surface area contributed by atoms with Crippen molar-refractivity contribution in [2.24, 2.45) is 0 Å².